The summed E-state index contributed by atoms with van der Waals surface area (Å²) >= 11 is 0. The van der Waals surface area contributed by atoms with Gasteiger partial charge < -0.3 is 9.15 Å². The Balaban J connectivity index is 1.44. The fourth-order valence-electron chi connectivity index (χ4n) is 2.70. The van der Waals surface area contributed by atoms with Gasteiger partial charge in [0.15, 0.2) is 12.2 Å². The molecule has 3 aromatic rings. The molecule has 2 heterocycles. The van der Waals surface area contributed by atoms with Gasteiger partial charge in [0.1, 0.15) is 12.1 Å². The van der Waals surface area contributed by atoms with Crippen LogP contribution in [-0.2, 0) is 20.9 Å². The number of oxazole rings is 1. The Bertz CT molecular complexity index is 974. The lowest BCUT2D eigenvalue weighted by Crippen LogP contribution is -2.35. The molecule has 0 bridgehead atoms. The zero-order chi connectivity index (χ0) is 17.4. The Labute approximate surface area is 141 Å². The van der Waals surface area contributed by atoms with Crippen molar-refractivity contribution in [1.82, 2.24) is 4.98 Å². The topological polar surface area (TPSA) is 89.7 Å². The van der Waals surface area contributed by atoms with Crippen LogP contribution in [-0.4, -0.2) is 29.2 Å². The molecule has 0 saturated heterocycles. The summed E-state index contributed by atoms with van der Waals surface area (Å²) < 4.78 is 10.6. The first kappa shape index (κ1) is 15.1. The van der Waals surface area contributed by atoms with Gasteiger partial charge >= 0.3 is 5.97 Å². The maximum Gasteiger partial charge on any atom is 0.326 e. The Kier molecular flexibility index (Phi) is 3.53. The lowest BCUT2D eigenvalue weighted by molar-refractivity contribution is -0.144. The fraction of sp³-hybridized carbons (Fsp3) is 0.111. The number of amides is 1. The van der Waals surface area contributed by atoms with E-state index >= 15 is 0 Å². The van der Waals surface area contributed by atoms with Crippen LogP contribution in [0.3, 0.4) is 0 Å². The van der Waals surface area contributed by atoms with Crippen LogP contribution in [0, 0.1) is 0 Å². The summed E-state index contributed by atoms with van der Waals surface area (Å²) in [6.45, 7) is -0.493. The molecule has 2 aromatic carbocycles. The van der Waals surface area contributed by atoms with Crippen molar-refractivity contribution < 1.29 is 23.5 Å². The normalized spacial score (nSPS) is 13.4. The third kappa shape index (κ3) is 2.65. The number of carbonyl (C=O) groups excluding carboxylic acids is 3. The summed E-state index contributed by atoms with van der Waals surface area (Å²) in [5.74, 6) is -1.75. The summed E-state index contributed by atoms with van der Waals surface area (Å²) in [4.78, 5) is 41.3. The Hall–Kier alpha value is -3.48. The zero-order valence-electron chi connectivity index (χ0n) is 13.0. The van der Waals surface area contributed by atoms with Gasteiger partial charge in [-0.25, -0.2) is 4.98 Å². The van der Waals surface area contributed by atoms with Crippen LogP contribution in [0.4, 0.5) is 5.69 Å². The number of anilines is 1. The average molecular weight is 336 g/mol. The van der Waals surface area contributed by atoms with Crippen LogP contribution >= 0.6 is 0 Å². The maximum atomic E-state index is 12.1. The lowest BCUT2D eigenvalue weighted by Gasteiger charge is -2.14. The second kappa shape index (κ2) is 5.86. The summed E-state index contributed by atoms with van der Waals surface area (Å²) in [6, 6.07) is 13.7. The first-order valence-electron chi connectivity index (χ1n) is 7.59. The number of Topliss-reactive ketones (excluding diaryl/α,β-unsaturated/α-hetero) is 1. The van der Waals surface area contributed by atoms with Gasteiger partial charge in [0.2, 0.25) is 5.89 Å². The van der Waals surface area contributed by atoms with Gasteiger partial charge in [0.05, 0.1) is 11.3 Å². The molecule has 0 saturated carbocycles. The van der Waals surface area contributed by atoms with E-state index in [4.69, 9.17) is 9.15 Å². The number of para-hydroxylation sites is 3. The molecule has 4 rings (SSSR count). The lowest BCUT2D eigenvalue weighted by atomic mass is 10.1. The number of esters is 1. The van der Waals surface area contributed by atoms with E-state index in [0.29, 0.717) is 22.4 Å². The van der Waals surface area contributed by atoms with Crippen molar-refractivity contribution in [1.29, 1.82) is 0 Å². The minimum Gasteiger partial charge on any atom is -0.454 e. The molecule has 1 aliphatic heterocycles. The van der Waals surface area contributed by atoms with Gasteiger partial charge in [0, 0.05) is 0 Å². The minimum absolute atomic E-state index is 0.148. The molecule has 0 spiro atoms. The summed E-state index contributed by atoms with van der Waals surface area (Å²) in [7, 11) is 0. The number of hydrogen-bond donors (Lipinski definition) is 0. The van der Waals surface area contributed by atoms with Crippen molar-refractivity contribution in [2.24, 2.45) is 0 Å². The molecule has 0 aliphatic carbocycles. The number of hydrogen-bond acceptors (Lipinski definition) is 6. The number of ether oxygens (including phenoxy) is 1. The summed E-state index contributed by atoms with van der Waals surface area (Å²) in [6.07, 6.45) is 0. The van der Waals surface area contributed by atoms with Crippen molar-refractivity contribution in [3.05, 3.63) is 60.0 Å². The molecule has 7 nitrogen and oxygen atoms in total. The van der Waals surface area contributed by atoms with E-state index in [1.165, 1.54) is 0 Å². The third-order valence-corrected chi connectivity index (χ3v) is 3.86. The molecule has 1 aliphatic rings. The van der Waals surface area contributed by atoms with Crippen molar-refractivity contribution in [2.45, 2.75) is 6.61 Å². The highest BCUT2D eigenvalue weighted by Gasteiger charge is 2.36. The molecular formula is C18H12N2O5. The Morgan fingerprint density at radius 3 is 2.68 bits per heavy atom. The van der Waals surface area contributed by atoms with Crippen LogP contribution in [0.1, 0.15) is 16.2 Å². The smallest absolute Gasteiger partial charge is 0.326 e. The zero-order valence-corrected chi connectivity index (χ0v) is 13.0. The standard InChI is InChI=1S/C18H12N2O5/c21-16(24-10-15-19-12-6-2-4-8-14(12)25-15)9-20-13-7-3-1-5-11(13)17(22)18(20)23/h1-8H,9-10H2. The number of carbonyl (C=O) groups is 3. The van der Waals surface area contributed by atoms with Gasteiger partial charge in [-0.1, -0.05) is 24.3 Å². The van der Waals surface area contributed by atoms with E-state index < -0.39 is 17.7 Å². The SMILES string of the molecule is O=C(CN1C(=O)C(=O)c2ccccc21)OCc1nc2ccccc2o1. The number of ketones is 1. The molecule has 1 aromatic heterocycles. The molecule has 0 N–H and O–H groups in total. The fourth-order valence-corrected chi connectivity index (χ4v) is 2.70. The first-order chi connectivity index (χ1) is 12.1. The van der Waals surface area contributed by atoms with E-state index in [9.17, 15) is 14.4 Å². The van der Waals surface area contributed by atoms with Crippen LogP contribution in [0.25, 0.3) is 11.1 Å². The van der Waals surface area contributed by atoms with E-state index in [1.54, 1.807) is 36.4 Å². The molecule has 25 heavy (non-hydrogen) atoms. The van der Waals surface area contributed by atoms with Gasteiger partial charge in [0.25, 0.3) is 11.7 Å². The van der Waals surface area contributed by atoms with Gasteiger partial charge in [-0.3, -0.25) is 19.3 Å². The largest absolute Gasteiger partial charge is 0.454 e. The van der Waals surface area contributed by atoms with Gasteiger partial charge in [-0.2, -0.15) is 0 Å². The first-order valence-corrected chi connectivity index (χ1v) is 7.59. The molecule has 7 heteroatoms. The minimum atomic E-state index is -0.736. The second-order valence-electron chi connectivity index (χ2n) is 5.47. The van der Waals surface area contributed by atoms with Crippen LogP contribution in [0.2, 0.25) is 0 Å². The number of benzene rings is 2. The van der Waals surface area contributed by atoms with E-state index in [-0.39, 0.29) is 19.0 Å². The molecular weight excluding hydrogens is 324 g/mol. The van der Waals surface area contributed by atoms with E-state index in [0.717, 1.165) is 4.90 Å². The Morgan fingerprint density at radius 1 is 1.08 bits per heavy atom. The van der Waals surface area contributed by atoms with Crippen molar-refractivity contribution in [2.75, 3.05) is 11.4 Å². The highest BCUT2D eigenvalue weighted by Crippen LogP contribution is 2.28. The maximum absolute atomic E-state index is 12.1. The number of nitrogens with zero attached hydrogens (tertiary/aromatic N) is 2. The molecule has 0 fully saturated rings. The predicted octanol–water partition coefficient (Wildman–Crippen LogP) is 2.10. The molecule has 0 atom stereocenters. The van der Waals surface area contributed by atoms with E-state index in [1.807, 2.05) is 12.1 Å². The quantitative estimate of drug-likeness (QED) is 0.535. The van der Waals surface area contributed by atoms with Crippen LogP contribution in [0.5, 0.6) is 0 Å². The number of fused-ring (bicyclic) bond motifs is 2. The second-order valence-corrected chi connectivity index (χ2v) is 5.47. The number of rotatable bonds is 4. The van der Waals surface area contributed by atoms with Crippen LogP contribution < -0.4 is 4.90 Å². The summed E-state index contributed by atoms with van der Waals surface area (Å²) in [5.41, 5.74) is 1.97. The monoisotopic (exact) mass is 336 g/mol. The molecule has 1 amide bonds. The van der Waals surface area contributed by atoms with Gasteiger partial charge in [-0.15, -0.1) is 0 Å². The van der Waals surface area contributed by atoms with Crippen molar-refractivity contribution in [3.8, 4) is 0 Å². The van der Waals surface area contributed by atoms with Crippen molar-refractivity contribution in [3.63, 3.8) is 0 Å². The highest BCUT2D eigenvalue weighted by molar-refractivity contribution is 6.52. The molecule has 0 radical (unpaired) electrons. The summed E-state index contributed by atoms with van der Waals surface area (Å²) in [5, 5.41) is 0. The number of aromatic nitrogens is 1. The Morgan fingerprint density at radius 2 is 1.84 bits per heavy atom. The average Bonchev–Trinajstić information content (AvgIpc) is 3.15. The van der Waals surface area contributed by atoms with Crippen molar-refractivity contribution >= 4 is 34.4 Å². The van der Waals surface area contributed by atoms with Crippen LogP contribution in [0.15, 0.2) is 52.9 Å². The van der Waals surface area contributed by atoms with E-state index in [2.05, 4.69) is 4.98 Å². The molecule has 0 unspecified atom stereocenters. The molecule has 124 valence electrons. The third-order valence-electron chi connectivity index (χ3n) is 3.86. The highest BCUT2D eigenvalue weighted by atomic mass is 16.5. The predicted molar refractivity (Wildman–Crippen MR) is 86.9 cm³/mol. The van der Waals surface area contributed by atoms with Gasteiger partial charge in [-0.05, 0) is 24.3 Å².